The third-order valence-electron chi connectivity index (χ3n) is 4.80. The zero-order chi connectivity index (χ0) is 22.8. The molecule has 0 aliphatic carbocycles. The van der Waals surface area contributed by atoms with Crippen molar-refractivity contribution in [1.82, 2.24) is 19.5 Å². The maximum atomic E-state index is 13.5. The van der Waals surface area contributed by atoms with E-state index in [2.05, 4.69) is 26.3 Å². The number of nitriles is 2. The lowest BCUT2D eigenvalue weighted by Gasteiger charge is -2.20. The first-order valence-corrected chi connectivity index (χ1v) is 9.81. The molecule has 9 nitrogen and oxygen atoms in total. The molecule has 0 radical (unpaired) electrons. The van der Waals surface area contributed by atoms with Gasteiger partial charge >= 0.3 is 0 Å². The molecule has 0 fully saturated rings. The number of aromatic nitrogens is 4. The normalized spacial score (nSPS) is 11.5. The Bertz CT molecular complexity index is 1480. The van der Waals surface area contributed by atoms with Gasteiger partial charge in [0.1, 0.15) is 23.3 Å². The maximum Gasteiger partial charge on any atom is 0.267 e. The molecule has 4 aromatic rings. The van der Waals surface area contributed by atoms with Gasteiger partial charge in [0, 0.05) is 0 Å². The Hall–Kier alpha value is -4.47. The summed E-state index contributed by atoms with van der Waals surface area (Å²) in [6.07, 6.45) is 1.32. The molecular weight excluding hydrogens is 428 g/mol. The van der Waals surface area contributed by atoms with E-state index >= 15 is 0 Å². The maximum absolute atomic E-state index is 13.5. The van der Waals surface area contributed by atoms with Gasteiger partial charge in [0.15, 0.2) is 0 Å². The molecule has 2 aromatic heterocycles. The zero-order valence-corrected chi connectivity index (χ0v) is 17.5. The quantitative estimate of drug-likeness (QED) is 0.489. The smallest absolute Gasteiger partial charge is 0.267 e. The summed E-state index contributed by atoms with van der Waals surface area (Å²) in [5.41, 5.74) is 6.90. The van der Waals surface area contributed by atoms with Gasteiger partial charge in [0.25, 0.3) is 5.56 Å². The van der Waals surface area contributed by atoms with Gasteiger partial charge < -0.3 is 11.1 Å². The number of nitrogen functional groups attached to an aromatic ring is 1. The van der Waals surface area contributed by atoms with E-state index in [1.807, 2.05) is 6.07 Å². The van der Waals surface area contributed by atoms with Gasteiger partial charge in [-0.2, -0.15) is 15.5 Å². The number of anilines is 2. The SMILES string of the molecule is CC(Nc1nc(N)ncc1C#N)c1nc2cccc(Cl)c2c(=O)n1-c1ccc(C#N)cc1. The number of hydrogen-bond acceptors (Lipinski definition) is 8. The third-order valence-corrected chi connectivity index (χ3v) is 5.11. The summed E-state index contributed by atoms with van der Waals surface area (Å²) in [4.78, 5) is 26.1. The first kappa shape index (κ1) is 20.8. The lowest BCUT2D eigenvalue weighted by molar-refractivity contribution is 0.730. The van der Waals surface area contributed by atoms with Crippen molar-refractivity contribution < 1.29 is 0 Å². The Balaban J connectivity index is 1.93. The second-order valence-electron chi connectivity index (χ2n) is 6.87. The van der Waals surface area contributed by atoms with Crippen LogP contribution in [0, 0.1) is 22.7 Å². The number of nitrogens with two attached hydrogens (primary N) is 1. The Morgan fingerprint density at radius 3 is 2.56 bits per heavy atom. The Morgan fingerprint density at radius 2 is 1.88 bits per heavy atom. The van der Waals surface area contributed by atoms with Crippen molar-refractivity contribution in [3.63, 3.8) is 0 Å². The van der Waals surface area contributed by atoms with Gasteiger partial charge in [-0.1, -0.05) is 17.7 Å². The number of rotatable bonds is 4. The fraction of sp³-hybridized carbons (Fsp3) is 0.0909. The van der Waals surface area contributed by atoms with Crippen molar-refractivity contribution >= 4 is 34.3 Å². The highest BCUT2D eigenvalue weighted by Crippen LogP contribution is 2.25. The molecule has 2 aromatic carbocycles. The highest BCUT2D eigenvalue weighted by molar-refractivity contribution is 6.35. The van der Waals surface area contributed by atoms with Gasteiger partial charge in [0.2, 0.25) is 5.95 Å². The van der Waals surface area contributed by atoms with E-state index in [1.54, 1.807) is 49.4 Å². The lowest BCUT2D eigenvalue weighted by atomic mass is 10.1. The van der Waals surface area contributed by atoms with E-state index in [9.17, 15) is 10.1 Å². The summed E-state index contributed by atoms with van der Waals surface area (Å²) >= 11 is 6.31. The fourth-order valence-corrected chi connectivity index (χ4v) is 3.54. The highest BCUT2D eigenvalue weighted by Gasteiger charge is 2.21. The minimum absolute atomic E-state index is 0.00133. The van der Waals surface area contributed by atoms with E-state index in [-0.39, 0.29) is 33.3 Å². The largest absolute Gasteiger partial charge is 0.368 e. The molecule has 0 saturated heterocycles. The lowest BCUT2D eigenvalue weighted by Crippen LogP contribution is -2.27. The molecule has 2 heterocycles. The second kappa shape index (κ2) is 8.34. The first-order chi connectivity index (χ1) is 15.4. The summed E-state index contributed by atoms with van der Waals surface area (Å²) in [5.74, 6) is 0.580. The van der Waals surface area contributed by atoms with E-state index in [0.29, 0.717) is 22.6 Å². The van der Waals surface area contributed by atoms with Crippen molar-refractivity contribution in [2.24, 2.45) is 0 Å². The monoisotopic (exact) mass is 442 g/mol. The fourth-order valence-electron chi connectivity index (χ4n) is 3.29. The van der Waals surface area contributed by atoms with Crippen LogP contribution in [0.5, 0.6) is 0 Å². The molecule has 0 aliphatic rings. The third kappa shape index (κ3) is 3.69. The first-order valence-electron chi connectivity index (χ1n) is 9.43. The van der Waals surface area contributed by atoms with Crippen molar-refractivity contribution in [2.45, 2.75) is 13.0 Å². The van der Waals surface area contributed by atoms with Crippen LogP contribution in [0.4, 0.5) is 11.8 Å². The summed E-state index contributed by atoms with van der Waals surface area (Å²) in [7, 11) is 0. The molecule has 0 aliphatic heterocycles. The van der Waals surface area contributed by atoms with Crippen LogP contribution < -0.4 is 16.6 Å². The standard InChI is InChI=1S/C22H15ClN8O/c1-12(28-19-14(10-25)11-27-22(26)30-19)20-29-17-4-2-3-16(23)18(17)21(32)31(20)15-7-5-13(9-24)6-8-15/h2-8,11-12H,1H3,(H3,26,27,28,30). The van der Waals surface area contributed by atoms with Crippen LogP contribution >= 0.6 is 11.6 Å². The molecular formula is C22H15ClN8O. The van der Waals surface area contributed by atoms with Gasteiger partial charge in [-0.05, 0) is 43.3 Å². The molecule has 0 bridgehead atoms. The zero-order valence-electron chi connectivity index (χ0n) is 16.7. The van der Waals surface area contributed by atoms with Crippen molar-refractivity contribution in [3.05, 3.63) is 81.0 Å². The van der Waals surface area contributed by atoms with Crippen LogP contribution in [-0.2, 0) is 0 Å². The van der Waals surface area contributed by atoms with Gasteiger partial charge in [-0.3, -0.25) is 9.36 Å². The summed E-state index contributed by atoms with van der Waals surface area (Å²) in [5, 5.41) is 22.1. The summed E-state index contributed by atoms with van der Waals surface area (Å²) in [6.45, 7) is 1.78. The Labute approximate surface area is 187 Å². The molecule has 10 heteroatoms. The highest BCUT2D eigenvalue weighted by atomic mass is 35.5. The predicted octanol–water partition coefficient (Wildman–Crippen LogP) is 3.33. The minimum Gasteiger partial charge on any atom is -0.368 e. The van der Waals surface area contributed by atoms with Crippen LogP contribution in [0.1, 0.15) is 29.9 Å². The Kier molecular flexibility index (Phi) is 5.42. The van der Waals surface area contributed by atoms with Crippen LogP contribution in [-0.4, -0.2) is 19.5 Å². The number of fused-ring (bicyclic) bond motifs is 1. The van der Waals surface area contributed by atoms with E-state index in [0.717, 1.165) is 0 Å². The molecule has 0 amide bonds. The Morgan fingerprint density at radius 1 is 1.12 bits per heavy atom. The average Bonchev–Trinajstić information content (AvgIpc) is 2.79. The van der Waals surface area contributed by atoms with Crippen LogP contribution in [0.15, 0.2) is 53.5 Å². The summed E-state index contributed by atoms with van der Waals surface area (Å²) < 4.78 is 1.42. The predicted molar refractivity (Wildman–Crippen MR) is 120 cm³/mol. The molecule has 0 saturated carbocycles. The molecule has 1 atom stereocenters. The average molecular weight is 443 g/mol. The van der Waals surface area contributed by atoms with Crippen LogP contribution in [0.2, 0.25) is 5.02 Å². The van der Waals surface area contributed by atoms with Crippen molar-refractivity contribution in [1.29, 1.82) is 10.5 Å². The van der Waals surface area contributed by atoms with Gasteiger partial charge in [0.05, 0.1) is 45.5 Å². The number of halogens is 1. The molecule has 32 heavy (non-hydrogen) atoms. The molecule has 1 unspecified atom stereocenters. The molecule has 0 spiro atoms. The summed E-state index contributed by atoms with van der Waals surface area (Å²) in [6, 6.07) is 15.1. The van der Waals surface area contributed by atoms with Crippen LogP contribution in [0.25, 0.3) is 16.6 Å². The van der Waals surface area contributed by atoms with E-state index in [1.165, 1.54) is 10.8 Å². The number of hydrogen-bond donors (Lipinski definition) is 2. The van der Waals surface area contributed by atoms with Crippen molar-refractivity contribution in [3.8, 4) is 17.8 Å². The van der Waals surface area contributed by atoms with Crippen molar-refractivity contribution in [2.75, 3.05) is 11.1 Å². The molecule has 156 valence electrons. The number of nitrogens with zero attached hydrogens (tertiary/aromatic N) is 6. The molecule has 4 rings (SSSR count). The number of benzene rings is 2. The van der Waals surface area contributed by atoms with E-state index < -0.39 is 6.04 Å². The van der Waals surface area contributed by atoms with Gasteiger partial charge in [-0.15, -0.1) is 0 Å². The van der Waals surface area contributed by atoms with Gasteiger partial charge in [-0.25, -0.2) is 9.97 Å². The number of nitrogens with one attached hydrogen (secondary N) is 1. The minimum atomic E-state index is -0.567. The van der Waals surface area contributed by atoms with Crippen LogP contribution in [0.3, 0.4) is 0 Å². The second-order valence-corrected chi connectivity index (χ2v) is 7.28. The van der Waals surface area contributed by atoms with E-state index in [4.69, 9.17) is 22.6 Å². The molecule has 3 N–H and O–H groups in total. The topological polar surface area (TPSA) is 146 Å².